The lowest BCUT2D eigenvalue weighted by atomic mass is 10.2. The second kappa shape index (κ2) is 3.26. The van der Waals surface area contributed by atoms with E-state index in [9.17, 15) is 0 Å². The predicted molar refractivity (Wildman–Crippen MR) is 52.8 cm³/mol. The molecule has 70 valence electrons. The third-order valence-electron chi connectivity index (χ3n) is 2.19. The van der Waals surface area contributed by atoms with Crippen molar-refractivity contribution in [2.45, 2.75) is 6.10 Å². The van der Waals surface area contributed by atoms with E-state index in [1.165, 1.54) is 0 Å². The van der Waals surface area contributed by atoms with E-state index in [-0.39, 0.29) is 0 Å². The van der Waals surface area contributed by atoms with Gasteiger partial charge in [0.2, 0.25) is 0 Å². The smallest absolute Gasteiger partial charge is 0.124 e. The quantitative estimate of drug-likeness (QED) is 0.685. The van der Waals surface area contributed by atoms with Gasteiger partial charge in [-0.1, -0.05) is 6.07 Å². The molecule has 13 heavy (non-hydrogen) atoms. The van der Waals surface area contributed by atoms with Crippen molar-refractivity contribution < 1.29 is 4.74 Å². The Morgan fingerprint density at radius 2 is 2.23 bits per heavy atom. The van der Waals surface area contributed by atoms with Gasteiger partial charge in [0.1, 0.15) is 11.9 Å². The lowest BCUT2D eigenvalue weighted by Crippen LogP contribution is -2.51. The van der Waals surface area contributed by atoms with Crippen LogP contribution >= 0.6 is 0 Å². The van der Waals surface area contributed by atoms with Crippen molar-refractivity contribution in [1.29, 1.82) is 0 Å². The van der Waals surface area contributed by atoms with Crippen LogP contribution in [0.1, 0.15) is 0 Å². The molecule has 0 unspecified atom stereocenters. The Morgan fingerprint density at radius 1 is 1.46 bits per heavy atom. The molecule has 0 aliphatic carbocycles. The SMILES string of the molecule is CN1CC(Oc2cccc(N)c2)C1. The third-order valence-corrected chi connectivity index (χ3v) is 2.19. The Hall–Kier alpha value is -1.22. The van der Waals surface area contributed by atoms with Gasteiger partial charge in [-0.05, 0) is 19.2 Å². The Labute approximate surface area is 78.1 Å². The van der Waals surface area contributed by atoms with Crippen LogP contribution in [-0.2, 0) is 0 Å². The maximum Gasteiger partial charge on any atom is 0.124 e. The van der Waals surface area contributed by atoms with E-state index >= 15 is 0 Å². The molecule has 0 bridgehead atoms. The van der Waals surface area contributed by atoms with Crippen LogP contribution in [0.15, 0.2) is 24.3 Å². The first-order chi connectivity index (χ1) is 6.24. The molecular formula is C10H14N2O. The summed E-state index contributed by atoms with van der Waals surface area (Å²) in [6.07, 6.45) is 0.340. The predicted octanol–water partition coefficient (Wildman–Crippen LogP) is 0.962. The molecule has 1 aliphatic rings. The molecule has 0 atom stereocenters. The number of benzene rings is 1. The fourth-order valence-corrected chi connectivity index (χ4v) is 1.50. The number of hydrogen-bond donors (Lipinski definition) is 1. The van der Waals surface area contributed by atoms with Crippen LogP contribution in [0.3, 0.4) is 0 Å². The van der Waals surface area contributed by atoms with E-state index in [1.807, 2.05) is 24.3 Å². The number of likely N-dealkylation sites (tertiary alicyclic amines) is 1. The van der Waals surface area contributed by atoms with Gasteiger partial charge in [-0.15, -0.1) is 0 Å². The minimum absolute atomic E-state index is 0.340. The summed E-state index contributed by atoms with van der Waals surface area (Å²) in [5, 5.41) is 0. The van der Waals surface area contributed by atoms with E-state index in [0.29, 0.717) is 6.10 Å². The minimum Gasteiger partial charge on any atom is -0.488 e. The molecule has 1 aromatic rings. The molecule has 2 N–H and O–H groups in total. The van der Waals surface area contributed by atoms with Gasteiger partial charge in [0.25, 0.3) is 0 Å². The third kappa shape index (κ3) is 1.92. The van der Waals surface area contributed by atoms with E-state index in [2.05, 4.69) is 11.9 Å². The van der Waals surface area contributed by atoms with Crippen LogP contribution in [0, 0.1) is 0 Å². The number of likely N-dealkylation sites (N-methyl/N-ethyl adjacent to an activating group) is 1. The summed E-state index contributed by atoms with van der Waals surface area (Å²) in [4.78, 5) is 2.22. The summed E-state index contributed by atoms with van der Waals surface area (Å²) in [6.45, 7) is 2.02. The van der Waals surface area contributed by atoms with Crippen molar-refractivity contribution in [2.24, 2.45) is 0 Å². The molecule has 0 spiro atoms. The molecule has 2 rings (SSSR count). The monoisotopic (exact) mass is 178 g/mol. The first-order valence-electron chi connectivity index (χ1n) is 4.45. The molecule has 1 saturated heterocycles. The van der Waals surface area contributed by atoms with Crippen molar-refractivity contribution in [3.63, 3.8) is 0 Å². The molecule has 0 aromatic heterocycles. The van der Waals surface area contributed by atoms with E-state index in [0.717, 1.165) is 24.5 Å². The van der Waals surface area contributed by atoms with Gasteiger partial charge >= 0.3 is 0 Å². The lowest BCUT2D eigenvalue weighted by Gasteiger charge is -2.36. The van der Waals surface area contributed by atoms with Gasteiger partial charge in [0.05, 0.1) is 0 Å². The Bertz CT molecular complexity index is 295. The van der Waals surface area contributed by atoms with Gasteiger partial charge in [-0.2, -0.15) is 0 Å². The van der Waals surface area contributed by atoms with Gasteiger partial charge in [0.15, 0.2) is 0 Å². The fraction of sp³-hybridized carbons (Fsp3) is 0.400. The topological polar surface area (TPSA) is 38.5 Å². The molecule has 1 heterocycles. The number of nitrogens with two attached hydrogens (primary N) is 1. The van der Waals surface area contributed by atoms with Crippen LogP contribution in [0.2, 0.25) is 0 Å². The fourth-order valence-electron chi connectivity index (χ4n) is 1.50. The Balaban J connectivity index is 1.94. The Morgan fingerprint density at radius 3 is 2.85 bits per heavy atom. The number of ether oxygens (including phenoxy) is 1. The summed E-state index contributed by atoms with van der Waals surface area (Å²) >= 11 is 0. The largest absolute Gasteiger partial charge is 0.488 e. The zero-order valence-corrected chi connectivity index (χ0v) is 7.73. The van der Waals surface area contributed by atoms with Crippen molar-refractivity contribution in [1.82, 2.24) is 4.90 Å². The standard InChI is InChI=1S/C10H14N2O/c1-12-6-10(7-12)13-9-4-2-3-8(11)5-9/h2-5,10H,6-7,11H2,1H3. The molecule has 1 aromatic carbocycles. The van der Waals surface area contributed by atoms with E-state index < -0.39 is 0 Å². The average molecular weight is 178 g/mol. The number of nitrogen functional groups attached to an aromatic ring is 1. The first kappa shape index (κ1) is 8.38. The van der Waals surface area contributed by atoms with Crippen molar-refractivity contribution >= 4 is 5.69 Å². The zero-order valence-electron chi connectivity index (χ0n) is 7.73. The highest BCUT2D eigenvalue weighted by molar-refractivity contribution is 5.43. The van der Waals surface area contributed by atoms with E-state index in [1.54, 1.807) is 0 Å². The summed E-state index contributed by atoms with van der Waals surface area (Å²) in [6, 6.07) is 7.57. The van der Waals surface area contributed by atoms with Crippen LogP contribution in [0.25, 0.3) is 0 Å². The summed E-state index contributed by atoms with van der Waals surface area (Å²) in [5.74, 6) is 0.873. The van der Waals surface area contributed by atoms with Crippen molar-refractivity contribution in [2.75, 3.05) is 25.9 Å². The molecule has 3 heteroatoms. The van der Waals surface area contributed by atoms with E-state index in [4.69, 9.17) is 10.5 Å². The number of nitrogens with zero attached hydrogens (tertiary/aromatic N) is 1. The molecule has 3 nitrogen and oxygen atoms in total. The maximum absolute atomic E-state index is 5.68. The second-order valence-electron chi connectivity index (χ2n) is 3.53. The molecular weight excluding hydrogens is 164 g/mol. The highest BCUT2D eigenvalue weighted by atomic mass is 16.5. The zero-order chi connectivity index (χ0) is 9.26. The molecule has 0 radical (unpaired) electrons. The summed E-state index contributed by atoms with van der Waals surface area (Å²) in [5.41, 5.74) is 6.39. The second-order valence-corrected chi connectivity index (χ2v) is 3.53. The van der Waals surface area contributed by atoms with Crippen molar-refractivity contribution in [3.05, 3.63) is 24.3 Å². The highest BCUT2D eigenvalue weighted by Crippen LogP contribution is 2.19. The summed E-state index contributed by atoms with van der Waals surface area (Å²) in [7, 11) is 2.08. The van der Waals surface area contributed by atoms with Crippen LogP contribution in [0.4, 0.5) is 5.69 Å². The molecule has 1 fully saturated rings. The van der Waals surface area contributed by atoms with Gasteiger partial charge in [0, 0.05) is 24.8 Å². The number of hydrogen-bond acceptors (Lipinski definition) is 3. The van der Waals surface area contributed by atoms with Crippen LogP contribution in [-0.4, -0.2) is 31.1 Å². The molecule has 0 saturated carbocycles. The molecule has 1 aliphatic heterocycles. The minimum atomic E-state index is 0.340. The highest BCUT2D eigenvalue weighted by Gasteiger charge is 2.24. The van der Waals surface area contributed by atoms with Crippen LogP contribution in [0.5, 0.6) is 5.75 Å². The maximum atomic E-state index is 5.68. The van der Waals surface area contributed by atoms with Crippen molar-refractivity contribution in [3.8, 4) is 5.75 Å². The summed E-state index contributed by atoms with van der Waals surface area (Å²) < 4.78 is 5.68. The number of anilines is 1. The van der Waals surface area contributed by atoms with Gasteiger partial charge in [-0.25, -0.2) is 0 Å². The molecule has 0 amide bonds. The average Bonchev–Trinajstić information content (AvgIpc) is 2.01. The first-order valence-corrected chi connectivity index (χ1v) is 4.45. The van der Waals surface area contributed by atoms with Gasteiger partial charge < -0.3 is 10.5 Å². The lowest BCUT2D eigenvalue weighted by molar-refractivity contribution is 0.0389. The van der Waals surface area contributed by atoms with Crippen LogP contribution < -0.4 is 10.5 Å². The van der Waals surface area contributed by atoms with Gasteiger partial charge in [-0.3, -0.25) is 4.90 Å². The number of rotatable bonds is 2. The normalized spacial score (nSPS) is 18.2. The Kier molecular flexibility index (Phi) is 2.10.